The smallest absolute Gasteiger partial charge is 0.248 e. The van der Waals surface area contributed by atoms with Crippen molar-refractivity contribution < 1.29 is 32.3 Å². The van der Waals surface area contributed by atoms with Crippen molar-refractivity contribution in [1.29, 1.82) is 0 Å². The Labute approximate surface area is 181 Å². The number of carbonyl (C=O) groups is 1. The molecule has 0 radical (unpaired) electrons. The number of sulfonamides is 1. The average Bonchev–Trinajstić information content (AvgIpc) is 3.62. The largest absolute Gasteiger partial charge is 0.490 e. The molecule has 11 heteroatoms. The average molecular weight is 458 g/mol. The number of benzene rings is 1. The lowest BCUT2D eigenvalue weighted by atomic mass is 10.0. The molecule has 2 N–H and O–H groups in total. The minimum absolute atomic E-state index is 0.0191. The van der Waals surface area contributed by atoms with Crippen molar-refractivity contribution in [2.24, 2.45) is 11.8 Å². The van der Waals surface area contributed by atoms with E-state index in [9.17, 15) is 17.6 Å². The Bertz CT molecular complexity index is 902. The van der Waals surface area contributed by atoms with Crippen LogP contribution in [-0.2, 0) is 19.6 Å². The second-order valence-corrected chi connectivity index (χ2v) is 10.6. The monoisotopic (exact) mass is 457 g/mol. The summed E-state index contributed by atoms with van der Waals surface area (Å²) >= 11 is 0. The number of amides is 1. The van der Waals surface area contributed by atoms with Gasteiger partial charge in [0.25, 0.3) is 0 Å². The predicted molar refractivity (Wildman–Crippen MR) is 110 cm³/mol. The van der Waals surface area contributed by atoms with Crippen molar-refractivity contribution in [3.05, 3.63) is 24.0 Å². The van der Waals surface area contributed by atoms with E-state index in [0.717, 1.165) is 12.8 Å². The van der Waals surface area contributed by atoms with Gasteiger partial charge in [-0.3, -0.25) is 10.0 Å². The summed E-state index contributed by atoms with van der Waals surface area (Å²) in [6, 6.07) is 4.85. The highest BCUT2D eigenvalue weighted by molar-refractivity contribution is 7.89. The minimum atomic E-state index is -3.66. The highest BCUT2D eigenvalue weighted by Gasteiger charge is 2.40. The predicted octanol–water partition coefficient (Wildman–Crippen LogP) is 0.977. The van der Waals surface area contributed by atoms with E-state index >= 15 is 0 Å². The molecule has 2 aliphatic heterocycles. The Balaban J connectivity index is 1.34. The standard InChI is InChI=1S/C20H28FN3O6S/c21-18-10-16(3-4-19(18)30-11-14-1-2-14)23-5-7-24(8-6-23)31(27,28)17-9-15(12-29-13-17)20(25)22-26/h3-4,10,14-15,17,26H,1-2,5-9,11-13H2,(H,22,25). The van der Waals surface area contributed by atoms with Gasteiger partial charge in [-0.1, -0.05) is 0 Å². The first-order valence-corrected chi connectivity index (χ1v) is 12.1. The summed E-state index contributed by atoms with van der Waals surface area (Å²) in [6.45, 7) is 2.01. The molecule has 1 aliphatic carbocycles. The number of hydrogen-bond donors (Lipinski definition) is 2. The SMILES string of the molecule is O=C(NO)C1COCC(S(=O)(=O)N2CCN(c3ccc(OCC4CC4)c(F)c3)CC2)C1. The lowest BCUT2D eigenvalue weighted by molar-refractivity contribution is -0.137. The van der Waals surface area contributed by atoms with Crippen molar-refractivity contribution in [3.8, 4) is 5.75 Å². The number of nitrogens with one attached hydrogen (secondary N) is 1. The summed E-state index contributed by atoms with van der Waals surface area (Å²) in [7, 11) is -3.66. The van der Waals surface area contributed by atoms with Gasteiger partial charge in [0.05, 0.1) is 31.0 Å². The highest BCUT2D eigenvalue weighted by atomic mass is 32.2. The van der Waals surface area contributed by atoms with E-state index in [2.05, 4.69) is 0 Å². The summed E-state index contributed by atoms with van der Waals surface area (Å²) in [6.07, 6.45) is 2.37. The maximum atomic E-state index is 14.4. The molecular weight excluding hydrogens is 429 g/mol. The fourth-order valence-corrected chi connectivity index (χ4v) is 5.82. The molecule has 0 aromatic heterocycles. The molecule has 31 heavy (non-hydrogen) atoms. The molecule has 2 unspecified atom stereocenters. The number of nitrogens with zero attached hydrogens (tertiary/aromatic N) is 2. The lowest BCUT2D eigenvalue weighted by Gasteiger charge is -2.38. The molecule has 0 spiro atoms. The lowest BCUT2D eigenvalue weighted by Crippen LogP contribution is -2.53. The molecule has 2 atom stereocenters. The van der Waals surface area contributed by atoms with Crippen LogP contribution in [0.4, 0.5) is 10.1 Å². The summed E-state index contributed by atoms with van der Waals surface area (Å²) in [5, 5.41) is 7.96. The van der Waals surface area contributed by atoms with E-state index in [4.69, 9.17) is 14.7 Å². The number of halogens is 1. The molecule has 1 aromatic carbocycles. The molecule has 172 valence electrons. The Morgan fingerprint density at radius 3 is 2.61 bits per heavy atom. The molecule has 3 fully saturated rings. The third-order valence-corrected chi connectivity index (χ3v) is 8.38. The van der Waals surface area contributed by atoms with Gasteiger partial charge in [-0.25, -0.2) is 18.3 Å². The summed E-state index contributed by atoms with van der Waals surface area (Å²) in [5.74, 6) is -0.979. The van der Waals surface area contributed by atoms with Crippen LogP contribution < -0.4 is 15.1 Å². The van der Waals surface area contributed by atoms with Gasteiger partial charge >= 0.3 is 0 Å². The first kappa shape index (κ1) is 22.3. The van der Waals surface area contributed by atoms with Crippen molar-refractivity contribution in [3.63, 3.8) is 0 Å². The number of hydroxylamine groups is 1. The highest BCUT2D eigenvalue weighted by Crippen LogP contribution is 2.31. The van der Waals surface area contributed by atoms with Crippen LogP contribution in [0.25, 0.3) is 0 Å². The second-order valence-electron chi connectivity index (χ2n) is 8.37. The third kappa shape index (κ3) is 5.11. The molecule has 9 nitrogen and oxygen atoms in total. The van der Waals surface area contributed by atoms with E-state index in [1.807, 2.05) is 4.90 Å². The fourth-order valence-electron chi connectivity index (χ4n) is 3.98. The Morgan fingerprint density at radius 1 is 1.23 bits per heavy atom. The van der Waals surface area contributed by atoms with Crippen molar-refractivity contribution in [1.82, 2.24) is 9.79 Å². The van der Waals surface area contributed by atoms with Crippen LogP contribution in [0.15, 0.2) is 18.2 Å². The fraction of sp³-hybridized carbons (Fsp3) is 0.650. The minimum Gasteiger partial charge on any atom is -0.490 e. The zero-order valence-electron chi connectivity index (χ0n) is 17.2. The molecule has 0 bridgehead atoms. The van der Waals surface area contributed by atoms with Gasteiger partial charge in [0.15, 0.2) is 11.6 Å². The van der Waals surface area contributed by atoms with Crippen LogP contribution in [0.5, 0.6) is 5.75 Å². The molecule has 4 rings (SSSR count). The topological polar surface area (TPSA) is 108 Å². The zero-order valence-corrected chi connectivity index (χ0v) is 18.0. The number of ether oxygens (including phenoxy) is 2. The van der Waals surface area contributed by atoms with Crippen LogP contribution in [-0.4, -0.2) is 75.1 Å². The van der Waals surface area contributed by atoms with Crippen molar-refractivity contribution >= 4 is 21.6 Å². The van der Waals surface area contributed by atoms with Gasteiger partial charge in [0.1, 0.15) is 0 Å². The number of rotatable bonds is 7. The number of anilines is 1. The summed E-state index contributed by atoms with van der Waals surface area (Å²) < 4.78 is 52.7. The van der Waals surface area contributed by atoms with Crippen molar-refractivity contribution in [2.45, 2.75) is 24.5 Å². The normalized spacial score (nSPS) is 25.3. The first-order chi connectivity index (χ1) is 14.9. The number of piperazine rings is 1. The number of carbonyl (C=O) groups excluding carboxylic acids is 1. The summed E-state index contributed by atoms with van der Waals surface area (Å²) in [5.41, 5.74) is 2.25. The Kier molecular flexibility index (Phi) is 6.65. The van der Waals surface area contributed by atoms with E-state index in [-0.39, 0.29) is 38.5 Å². The van der Waals surface area contributed by atoms with Crippen LogP contribution in [0.2, 0.25) is 0 Å². The van der Waals surface area contributed by atoms with Gasteiger partial charge in [0, 0.05) is 37.9 Å². The van der Waals surface area contributed by atoms with E-state index in [1.54, 1.807) is 17.6 Å². The quantitative estimate of drug-likeness (QED) is 0.464. The maximum absolute atomic E-state index is 14.4. The number of hydrogen-bond acceptors (Lipinski definition) is 7. The molecule has 3 aliphatic rings. The van der Waals surface area contributed by atoms with Crippen LogP contribution in [0.3, 0.4) is 0 Å². The van der Waals surface area contributed by atoms with E-state index in [1.165, 1.54) is 10.4 Å². The van der Waals surface area contributed by atoms with Gasteiger partial charge in [-0.05, 0) is 37.3 Å². The van der Waals surface area contributed by atoms with Gasteiger partial charge in [-0.15, -0.1) is 0 Å². The molecule has 2 saturated heterocycles. The molecule has 2 heterocycles. The van der Waals surface area contributed by atoms with Crippen LogP contribution in [0, 0.1) is 17.7 Å². The molecule has 1 saturated carbocycles. The molecule has 1 amide bonds. The van der Waals surface area contributed by atoms with E-state index < -0.39 is 32.9 Å². The van der Waals surface area contributed by atoms with Gasteiger partial charge in [-0.2, -0.15) is 4.31 Å². The van der Waals surface area contributed by atoms with Crippen LogP contribution in [0.1, 0.15) is 19.3 Å². The Hall–Kier alpha value is -1.95. The van der Waals surface area contributed by atoms with E-state index in [0.29, 0.717) is 31.3 Å². The maximum Gasteiger partial charge on any atom is 0.248 e. The van der Waals surface area contributed by atoms with Gasteiger partial charge < -0.3 is 14.4 Å². The molecule has 1 aromatic rings. The van der Waals surface area contributed by atoms with Crippen molar-refractivity contribution in [2.75, 3.05) is 50.9 Å². The first-order valence-electron chi connectivity index (χ1n) is 10.6. The summed E-state index contributed by atoms with van der Waals surface area (Å²) in [4.78, 5) is 13.6. The second kappa shape index (κ2) is 9.27. The third-order valence-electron chi connectivity index (χ3n) is 6.12. The van der Waals surface area contributed by atoms with Crippen LogP contribution >= 0.6 is 0 Å². The zero-order chi connectivity index (χ0) is 22.0. The Morgan fingerprint density at radius 2 is 1.97 bits per heavy atom. The molecular formula is C20H28FN3O6S. The van der Waals surface area contributed by atoms with Gasteiger partial charge in [0.2, 0.25) is 15.9 Å².